The van der Waals surface area contributed by atoms with Crippen LogP contribution in [-0.4, -0.2) is 30.3 Å². The van der Waals surface area contributed by atoms with Crippen molar-refractivity contribution in [2.45, 2.75) is 26.5 Å². The molecule has 19 heavy (non-hydrogen) atoms. The van der Waals surface area contributed by atoms with Gasteiger partial charge in [-0.3, -0.25) is 4.79 Å². The first-order chi connectivity index (χ1) is 9.13. The maximum Gasteiger partial charge on any atom is 0.246 e. The van der Waals surface area contributed by atoms with Crippen LogP contribution in [0.4, 0.5) is 0 Å². The fourth-order valence-electron chi connectivity index (χ4n) is 1.42. The molecule has 0 aromatic heterocycles. The average Bonchev–Trinajstić information content (AvgIpc) is 2.41. The number of hydrogen-bond acceptors (Lipinski definition) is 3. The maximum absolute atomic E-state index is 11.5. The summed E-state index contributed by atoms with van der Waals surface area (Å²) in [6.45, 7) is 4.04. The average molecular weight is 261 g/mol. The Hall–Kier alpha value is -1.83. The fraction of sp³-hybridized carbons (Fsp3) is 0.400. The molecule has 1 aromatic rings. The van der Waals surface area contributed by atoms with E-state index < -0.39 is 0 Å². The van der Waals surface area contributed by atoms with Crippen LogP contribution >= 0.6 is 0 Å². The van der Waals surface area contributed by atoms with Crippen molar-refractivity contribution in [2.75, 3.05) is 13.2 Å². The van der Waals surface area contributed by atoms with Crippen molar-refractivity contribution in [2.24, 2.45) is 0 Å². The molecule has 0 atom stereocenters. The molecule has 1 amide bonds. The van der Waals surface area contributed by atoms with E-state index in [0.717, 1.165) is 11.1 Å². The minimum absolute atomic E-state index is 0.0356. The zero-order chi connectivity index (χ0) is 14.1. The summed E-state index contributed by atoms with van der Waals surface area (Å²) in [5.41, 5.74) is 1.72. The Labute approximate surface area is 113 Å². The minimum Gasteiger partial charge on any atom is -0.384 e. The van der Waals surface area contributed by atoms with Crippen molar-refractivity contribution in [3.05, 3.63) is 35.4 Å². The largest absolute Gasteiger partial charge is 0.384 e. The van der Waals surface area contributed by atoms with Gasteiger partial charge in [0, 0.05) is 12.1 Å². The molecular weight excluding hydrogens is 242 g/mol. The topological polar surface area (TPSA) is 58.6 Å². The summed E-state index contributed by atoms with van der Waals surface area (Å²) in [5, 5.41) is 11.5. The molecule has 1 rings (SSSR count). The Kier molecular flexibility index (Phi) is 6.65. The molecular formula is C15H19NO3. The quantitative estimate of drug-likeness (QED) is 0.780. The summed E-state index contributed by atoms with van der Waals surface area (Å²) < 4.78 is 5.21. The van der Waals surface area contributed by atoms with Gasteiger partial charge >= 0.3 is 0 Å². The van der Waals surface area contributed by atoms with Crippen LogP contribution in [0.15, 0.2) is 24.3 Å². The van der Waals surface area contributed by atoms with Crippen LogP contribution in [0.25, 0.3) is 0 Å². The van der Waals surface area contributed by atoms with Gasteiger partial charge in [0.05, 0.1) is 6.10 Å². The van der Waals surface area contributed by atoms with Crippen LogP contribution in [-0.2, 0) is 16.1 Å². The molecule has 0 fully saturated rings. The number of benzene rings is 1. The molecule has 0 saturated carbocycles. The zero-order valence-corrected chi connectivity index (χ0v) is 11.3. The second kappa shape index (κ2) is 8.30. The highest BCUT2D eigenvalue weighted by molar-refractivity contribution is 5.77. The number of carbonyl (C=O) groups excluding carboxylic acids is 1. The summed E-state index contributed by atoms with van der Waals surface area (Å²) in [6.07, 6.45) is 0.0356. The number of aliphatic hydroxyl groups is 1. The Balaban J connectivity index is 2.55. The van der Waals surface area contributed by atoms with Gasteiger partial charge in [-0.2, -0.15) is 0 Å². The van der Waals surface area contributed by atoms with Crippen LogP contribution < -0.4 is 5.32 Å². The van der Waals surface area contributed by atoms with Gasteiger partial charge in [-0.15, -0.1) is 0 Å². The van der Waals surface area contributed by atoms with E-state index in [1.807, 2.05) is 38.1 Å². The van der Waals surface area contributed by atoms with Crippen LogP contribution in [0.1, 0.15) is 25.0 Å². The van der Waals surface area contributed by atoms with Crippen molar-refractivity contribution in [3.8, 4) is 11.8 Å². The molecule has 0 saturated heterocycles. The van der Waals surface area contributed by atoms with Crippen molar-refractivity contribution in [1.82, 2.24) is 5.32 Å². The van der Waals surface area contributed by atoms with Gasteiger partial charge in [0.15, 0.2) is 0 Å². The third-order valence-corrected chi connectivity index (χ3v) is 2.34. The van der Waals surface area contributed by atoms with E-state index in [1.54, 1.807) is 0 Å². The van der Waals surface area contributed by atoms with E-state index in [2.05, 4.69) is 17.2 Å². The predicted octanol–water partition coefficient (Wildman–Crippen LogP) is 1.07. The van der Waals surface area contributed by atoms with E-state index in [4.69, 9.17) is 9.84 Å². The van der Waals surface area contributed by atoms with Gasteiger partial charge in [-0.1, -0.05) is 30.0 Å². The van der Waals surface area contributed by atoms with Gasteiger partial charge in [0.25, 0.3) is 0 Å². The van der Waals surface area contributed by atoms with E-state index >= 15 is 0 Å². The molecule has 0 spiro atoms. The standard InChI is InChI=1S/C15H19NO3/c1-12(2)19-11-15(18)16-10-14-7-4-3-6-13(14)8-5-9-17/h3-4,6-7,12,17H,9-11H2,1-2H3,(H,16,18). The van der Waals surface area contributed by atoms with Gasteiger partial charge in [-0.25, -0.2) is 0 Å². The van der Waals surface area contributed by atoms with E-state index in [1.165, 1.54) is 0 Å². The van der Waals surface area contributed by atoms with E-state index in [0.29, 0.717) is 6.54 Å². The first-order valence-electron chi connectivity index (χ1n) is 6.19. The summed E-state index contributed by atoms with van der Waals surface area (Å²) >= 11 is 0. The molecule has 102 valence electrons. The van der Waals surface area contributed by atoms with Crippen LogP contribution in [0, 0.1) is 11.8 Å². The lowest BCUT2D eigenvalue weighted by Gasteiger charge is -2.09. The number of amides is 1. The normalized spacial score (nSPS) is 9.89. The summed E-state index contributed by atoms with van der Waals surface area (Å²) in [7, 11) is 0. The van der Waals surface area contributed by atoms with Crippen molar-refractivity contribution in [1.29, 1.82) is 0 Å². The smallest absolute Gasteiger partial charge is 0.246 e. The third-order valence-electron chi connectivity index (χ3n) is 2.34. The van der Waals surface area contributed by atoms with Gasteiger partial charge in [0.1, 0.15) is 13.2 Å². The second-order valence-corrected chi connectivity index (χ2v) is 4.25. The lowest BCUT2D eigenvalue weighted by atomic mass is 10.1. The molecule has 0 bridgehead atoms. The summed E-state index contributed by atoms with van der Waals surface area (Å²) in [5.74, 6) is 5.30. The first kappa shape index (κ1) is 15.2. The first-order valence-corrected chi connectivity index (χ1v) is 6.19. The Bertz CT molecular complexity index is 472. The van der Waals surface area contributed by atoms with Gasteiger partial charge < -0.3 is 15.2 Å². The molecule has 0 aliphatic carbocycles. The number of aliphatic hydroxyl groups excluding tert-OH is 1. The molecule has 4 heteroatoms. The van der Waals surface area contributed by atoms with Crippen LogP contribution in [0.5, 0.6) is 0 Å². The second-order valence-electron chi connectivity index (χ2n) is 4.25. The third kappa shape index (κ3) is 6.05. The Morgan fingerprint density at radius 1 is 1.42 bits per heavy atom. The molecule has 0 aliphatic heterocycles. The van der Waals surface area contributed by atoms with Gasteiger partial charge in [-0.05, 0) is 25.5 Å². The fourth-order valence-corrected chi connectivity index (χ4v) is 1.42. The molecule has 0 radical (unpaired) electrons. The lowest BCUT2D eigenvalue weighted by molar-refractivity contribution is -0.127. The predicted molar refractivity (Wildman–Crippen MR) is 73.3 cm³/mol. The number of ether oxygens (including phenoxy) is 1. The highest BCUT2D eigenvalue weighted by Crippen LogP contribution is 2.06. The highest BCUT2D eigenvalue weighted by atomic mass is 16.5. The molecule has 1 aromatic carbocycles. The Morgan fingerprint density at radius 2 is 2.16 bits per heavy atom. The number of nitrogens with one attached hydrogen (secondary N) is 1. The Morgan fingerprint density at radius 3 is 2.84 bits per heavy atom. The molecule has 4 nitrogen and oxygen atoms in total. The lowest BCUT2D eigenvalue weighted by Crippen LogP contribution is -2.28. The van der Waals surface area contributed by atoms with E-state index in [-0.39, 0.29) is 25.2 Å². The SMILES string of the molecule is CC(C)OCC(=O)NCc1ccccc1C#CCO. The number of rotatable bonds is 5. The molecule has 0 heterocycles. The minimum atomic E-state index is -0.178. The highest BCUT2D eigenvalue weighted by Gasteiger charge is 2.04. The number of carbonyl (C=O) groups is 1. The molecule has 0 unspecified atom stereocenters. The number of hydrogen-bond donors (Lipinski definition) is 2. The summed E-state index contributed by atoms with van der Waals surface area (Å²) in [6, 6.07) is 7.50. The van der Waals surface area contributed by atoms with Crippen molar-refractivity contribution in [3.63, 3.8) is 0 Å². The molecule has 0 aliphatic rings. The van der Waals surface area contributed by atoms with Crippen LogP contribution in [0.3, 0.4) is 0 Å². The monoisotopic (exact) mass is 261 g/mol. The van der Waals surface area contributed by atoms with E-state index in [9.17, 15) is 4.79 Å². The maximum atomic E-state index is 11.5. The van der Waals surface area contributed by atoms with Gasteiger partial charge in [0.2, 0.25) is 5.91 Å². The van der Waals surface area contributed by atoms with Crippen molar-refractivity contribution < 1.29 is 14.6 Å². The van der Waals surface area contributed by atoms with Crippen LogP contribution in [0.2, 0.25) is 0 Å². The zero-order valence-electron chi connectivity index (χ0n) is 11.3. The van der Waals surface area contributed by atoms with Crippen molar-refractivity contribution >= 4 is 5.91 Å². The summed E-state index contributed by atoms with van der Waals surface area (Å²) in [4.78, 5) is 11.5. The molecule has 2 N–H and O–H groups in total.